The lowest BCUT2D eigenvalue weighted by Gasteiger charge is -2.34. The molecule has 0 radical (unpaired) electrons. The molecule has 128 valence electrons. The zero-order chi connectivity index (χ0) is 17.1. The van der Waals surface area contributed by atoms with Crippen molar-refractivity contribution in [1.29, 1.82) is 0 Å². The lowest BCUT2D eigenvalue weighted by molar-refractivity contribution is 0.0628. The lowest BCUT2D eigenvalue weighted by atomic mass is 10.1. The van der Waals surface area contributed by atoms with Crippen molar-refractivity contribution in [3.05, 3.63) is 52.8 Å². The fourth-order valence-electron chi connectivity index (χ4n) is 3.19. The van der Waals surface area contributed by atoms with Gasteiger partial charge in [-0.1, -0.05) is 17.7 Å². The summed E-state index contributed by atoms with van der Waals surface area (Å²) >= 11 is 0. The molecule has 0 unspecified atom stereocenters. The number of carbonyl (C=O) groups excluding carboxylic acids is 1. The zero-order valence-corrected chi connectivity index (χ0v) is 14.8. The second kappa shape index (κ2) is 7.18. The monoisotopic (exact) mass is 326 g/mol. The number of benzene rings is 1. The van der Waals surface area contributed by atoms with Crippen LogP contribution in [0.4, 0.5) is 0 Å². The summed E-state index contributed by atoms with van der Waals surface area (Å²) in [5, 5.41) is 4.51. The van der Waals surface area contributed by atoms with Gasteiger partial charge in [0.05, 0.1) is 5.69 Å². The van der Waals surface area contributed by atoms with Gasteiger partial charge in [0.1, 0.15) is 0 Å². The molecule has 5 heteroatoms. The van der Waals surface area contributed by atoms with Crippen molar-refractivity contribution in [3.63, 3.8) is 0 Å². The second-order valence-electron chi connectivity index (χ2n) is 6.53. The van der Waals surface area contributed by atoms with Crippen molar-refractivity contribution >= 4 is 5.91 Å². The SMILES string of the molecule is CCn1cc(CN2CCN(C(=O)c3cccc(C)c3)CC2)c(C)n1. The molecule has 1 aromatic heterocycles. The fraction of sp³-hybridized carbons (Fsp3) is 0.474. The number of aryl methyl sites for hydroxylation is 3. The summed E-state index contributed by atoms with van der Waals surface area (Å²) in [6.07, 6.45) is 2.14. The number of hydrogen-bond acceptors (Lipinski definition) is 3. The topological polar surface area (TPSA) is 41.4 Å². The summed E-state index contributed by atoms with van der Waals surface area (Å²) in [5.74, 6) is 0.147. The molecule has 3 rings (SSSR count). The van der Waals surface area contributed by atoms with E-state index >= 15 is 0 Å². The molecule has 0 bridgehead atoms. The van der Waals surface area contributed by atoms with Crippen molar-refractivity contribution in [2.75, 3.05) is 26.2 Å². The molecular weight excluding hydrogens is 300 g/mol. The second-order valence-corrected chi connectivity index (χ2v) is 6.53. The molecule has 24 heavy (non-hydrogen) atoms. The molecule has 1 aliphatic rings. The standard InChI is InChI=1S/C19H26N4O/c1-4-23-14-18(16(3)20-23)13-21-8-10-22(11-9-21)19(24)17-7-5-6-15(2)12-17/h5-7,12,14H,4,8-11,13H2,1-3H3. The van der Waals surface area contributed by atoms with E-state index in [1.54, 1.807) is 0 Å². The Hall–Kier alpha value is -2.14. The van der Waals surface area contributed by atoms with E-state index in [1.165, 1.54) is 5.56 Å². The maximum absolute atomic E-state index is 12.6. The van der Waals surface area contributed by atoms with Crippen molar-refractivity contribution < 1.29 is 4.79 Å². The van der Waals surface area contributed by atoms with Crippen LogP contribution in [0.3, 0.4) is 0 Å². The number of nitrogens with zero attached hydrogens (tertiary/aromatic N) is 4. The van der Waals surface area contributed by atoms with Crippen LogP contribution in [0, 0.1) is 13.8 Å². The highest BCUT2D eigenvalue weighted by Gasteiger charge is 2.22. The number of aromatic nitrogens is 2. The molecule has 0 spiro atoms. The van der Waals surface area contributed by atoms with Crippen molar-refractivity contribution in [2.45, 2.75) is 33.9 Å². The van der Waals surface area contributed by atoms with Gasteiger partial charge in [0, 0.05) is 56.6 Å². The predicted octanol–water partition coefficient (Wildman–Crippen LogP) is 2.48. The number of piperazine rings is 1. The largest absolute Gasteiger partial charge is 0.336 e. The number of amides is 1. The van der Waals surface area contributed by atoms with Gasteiger partial charge in [0.15, 0.2) is 0 Å². The molecule has 1 fully saturated rings. The van der Waals surface area contributed by atoms with Crippen LogP contribution in [0.1, 0.15) is 34.1 Å². The highest BCUT2D eigenvalue weighted by Crippen LogP contribution is 2.14. The van der Waals surface area contributed by atoms with Gasteiger partial charge >= 0.3 is 0 Å². The van der Waals surface area contributed by atoms with Crippen LogP contribution in [0.25, 0.3) is 0 Å². The maximum atomic E-state index is 12.6. The van der Waals surface area contributed by atoms with Crippen LogP contribution in [0.5, 0.6) is 0 Å². The summed E-state index contributed by atoms with van der Waals surface area (Å²) in [6, 6.07) is 7.85. The smallest absolute Gasteiger partial charge is 0.253 e. The third kappa shape index (κ3) is 3.67. The quantitative estimate of drug-likeness (QED) is 0.867. The van der Waals surface area contributed by atoms with E-state index in [2.05, 4.69) is 30.0 Å². The molecule has 2 heterocycles. The summed E-state index contributed by atoms with van der Waals surface area (Å²) in [7, 11) is 0. The van der Waals surface area contributed by atoms with E-state index in [0.29, 0.717) is 0 Å². The van der Waals surface area contributed by atoms with Crippen LogP contribution < -0.4 is 0 Å². The highest BCUT2D eigenvalue weighted by atomic mass is 16.2. The van der Waals surface area contributed by atoms with E-state index in [0.717, 1.165) is 56.1 Å². The van der Waals surface area contributed by atoms with Gasteiger partial charge in [-0.2, -0.15) is 5.10 Å². The minimum atomic E-state index is 0.147. The Bertz CT molecular complexity index is 714. The van der Waals surface area contributed by atoms with Crippen LogP contribution in [0.15, 0.2) is 30.5 Å². The highest BCUT2D eigenvalue weighted by molar-refractivity contribution is 5.94. The summed E-state index contributed by atoms with van der Waals surface area (Å²) in [5.41, 5.74) is 4.32. The molecule has 0 N–H and O–H groups in total. The molecule has 1 aliphatic heterocycles. The molecule has 1 saturated heterocycles. The summed E-state index contributed by atoms with van der Waals surface area (Å²) in [4.78, 5) is 17.0. The average molecular weight is 326 g/mol. The Labute approximate surface area is 143 Å². The third-order valence-electron chi connectivity index (χ3n) is 4.69. The Morgan fingerprint density at radius 3 is 2.54 bits per heavy atom. The maximum Gasteiger partial charge on any atom is 0.253 e. The van der Waals surface area contributed by atoms with Crippen molar-refractivity contribution in [1.82, 2.24) is 19.6 Å². The molecule has 0 atom stereocenters. The minimum Gasteiger partial charge on any atom is -0.336 e. The first-order valence-corrected chi connectivity index (χ1v) is 8.68. The van der Waals surface area contributed by atoms with Crippen molar-refractivity contribution in [2.24, 2.45) is 0 Å². The predicted molar refractivity (Wildman–Crippen MR) is 95.0 cm³/mol. The normalized spacial score (nSPS) is 15.7. The van der Waals surface area contributed by atoms with Gasteiger partial charge in [0.2, 0.25) is 0 Å². The van der Waals surface area contributed by atoms with Gasteiger partial charge in [-0.3, -0.25) is 14.4 Å². The Morgan fingerprint density at radius 2 is 1.92 bits per heavy atom. The van der Waals surface area contributed by atoms with Gasteiger partial charge in [-0.05, 0) is 32.9 Å². The van der Waals surface area contributed by atoms with Crippen LogP contribution in [-0.2, 0) is 13.1 Å². The summed E-state index contributed by atoms with van der Waals surface area (Å²) in [6.45, 7) is 11.4. The average Bonchev–Trinajstić information content (AvgIpc) is 2.95. The first-order valence-electron chi connectivity index (χ1n) is 8.68. The van der Waals surface area contributed by atoms with Crippen molar-refractivity contribution in [3.8, 4) is 0 Å². The van der Waals surface area contributed by atoms with Crippen LogP contribution in [-0.4, -0.2) is 51.7 Å². The molecule has 1 aromatic carbocycles. The van der Waals surface area contributed by atoms with E-state index in [1.807, 2.05) is 40.8 Å². The first kappa shape index (κ1) is 16.7. The van der Waals surface area contributed by atoms with Gasteiger partial charge in [-0.15, -0.1) is 0 Å². The number of carbonyl (C=O) groups is 1. The Morgan fingerprint density at radius 1 is 1.17 bits per heavy atom. The molecule has 2 aromatic rings. The molecule has 5 nitrogen and oxygen atoms in total. The third-order valence-corrected chi connectivity index (χ3v) is 4.69. The number of rotatable bonds is 4. The molecule has 0 saturated carbocycles. The molecular formula is C19H26N4O. The van der Waals surface area contributed by atoms with E-state index in [9.17, 15) is 4.79 Å². The van der Waals surface area contributed by atoms with Gasteiger partial charge < -0.3 is 4.90 Å². The van der Waals surface area contributed by atoms with Gasteiger partial charge in [0.25, 0.3) is 5.91 Å². The van der Waals surface area contributed by atoms with E-state index in [-0.39, 0.29) is 5.91 Å². The van der Waals surface area contributed by atoms with E-state index < -0.39 is 0 Å². The summed E-state index contributed by atoms with van der Waals surface area (Å²) < 4.78 is 1.99. The van der Waals surface area contributed by atoms with E-state index in [4.69, 9.17) is 0 Å². The van der Waals surface area contributed by atoms with Crippen LogP contribution >= 0.6 is 0 Å². The lowest BCUT2D eigenvalue weighted by Crippen LogP contribution is -2.48. The molecule has 0 aliphatic carbocycles. The van der Waals surface area contributed by atoms with Gasteiger partial charge in [-0.25, -0.2) is 0 Å². The number of hydrogen-bond donors (Lipinski definition) is 0. The molecule has 1 amide bonds. The fourth-order valence-corrected chi connectivity index (χ4v) is 3.19. The van der Waals surface area contributed by atoms with Crippen LogP contribution in [0.2, 0.25) is 0 Å². The minimum absolute atomic E-state index is 0.147. The zero-order valence-electron chi connectivity index (χ0n) is 14.8. The Kier molecular flexibility index (Phi) is 5.00. The Balaban J connectivity index is 1.57. The first-order chi connectivity index (χ1) is 11.6.